The van der Waals surface area contributed by atoms with Gasteiger partial charge in [-0.2, -0.15) is 0 Å². The molecule has 1 fully saturated rings. The standard InChI is InChI=1S/C11H20N4O2S/c1-14-9-11(12-10-14)18(16,17)13-5-8-15-6-3-2-4-7-15/h9-10,13H,2-8H2,1H3. The fourth-order valence-corrected chi connectivity index (χ4v) is 3.12. The molecule has 0 bridgehead atoms. The molecule has 1 aromatic heterocycles. The zero-order valence-corrected chi connectivity index (χ0v) is 11.5. The maximum atomic E-state index is 11.9. The Kier molecular flexibility index (Phi) is 4.36. The number of imidazole rings is 1. The van der Waals surface area contributed by atoms with Gasteiger partial charge in [-0.1, -0.05) is 6.42 Å². The fraction of sp³-hybridized carbons (Fsp3) is 0.727. The minimum atomic E-state index is -3.45. The van der Waals surface area contributed by atoms with Gasteiger partial charge in [0.25, 0.3) is 10.0 Å². The average molecular weight is 272 g/mol. The Labute approximate surface area is 108 Å². The van der Waals surface area contributed by atoms with Crippen LogP contribution in [-0.2, 0) is 17.1 Å². The first-order valence-corrected chi connectivity index (χ1v) is 7.76. The number of aromatic nitrogens is 2. The Balaban J connectivity index is 1.82. The van der Waals surface area contributed by atoms with Crippen LogP contribution in [0.2, 0.25) is 0 Å². The van der Waals surface area contributed by atoms with Gasteiger partial charge in [-0.15, -0.1) is 0 Å². The van der Waals surface area contributed by atoms with E-state index in [1.165, 1.54) is 31.8 Å². The van der Waals surface area contributed by atoms with Crippen molar-refractivity contribution in [3.63, 3.8) is 0 Å². The number of nitrogens with one attached hydrogen (secondary N) is 1. The van der Waals surface area contributed by atoms with Crippen LogP contribution < -0.4 is 4.72 Å². The van der Waals surface area contributed by atoms with E-state index in [0.717, 1.165) is 19.6 Å². The molecular formula is C11H20N4O2S. The molecule has 18 heavy (non-hydrogen) atoms. The van der Waals surface area contributed by atoms with E-state index >= 15 is 0 Å². The molecule has 0 unspecified atom stereocenters. The van der Waals surface area contributed by atoms with Gasteiger partial charge in [-0.3, -0.25) is 0 Å². The highest BCUT2D eigenvalue weighted by molar-refractivity contribution is 7.89. The molecule has 0 aromatic carbocycles. The molecule has 102 valence electrons. The molecule has 1 aromatic rings. The smallest absolute Gasteiger partial charge is 0.259 e. The van der Waals surface area contributed by atoms with Crippen LogP contribution in [-0.4, -0.2) is 49.0 Å². The predicted octanol–water partition coefficient (Wildman–Crippen LogP) is 0.184. The summed E-state index contributed by atoms with van der Waals surface area (Å²) in [4.78, 5) is 6.15. The second-order valence-electron chi connectivity index (χ2n) is 4.68. The van der Waals surface area contributed by atoms with Crippen LogP contribution >= 0.6 is 0 Å². The quantitative estimate of drug-likeness (QED) is 0.830. The molecule has 2 rings (SSSR count). The van der Waals surface area contributed by atoms with E-state index in [-0.39, 0.29) is 5.03 Å². The van der Waals surface area contributed by atoms with Gasteiger partial charge in [0, 0.05) is 26.3 Å². The third-order valence-corrected chi connectivity index (χ3v) is 4.47. The molecule has 1 aliphatic rings. The largest absolute Gasteiger partial charge is 0.339 e. The van der Waals surface area contributed by atoms with Crippen LogP contribution in [0.15, 0.2) is 17.6 Å². The Morgan fingerprint density at radius 2 is 2.06 bits per heavy atom. The third-order valence-electron chi connectivity index (χ3n) is 3.13. The Morgan fingerprint density at radius 1 is 1.33 bits per heavy atom. The number of hydrogen-bond acceptors (Lipinski definition) is 4. The van der Waals surface area contributed by atoms with Gasteiger partial charge in [-0.05, 0) is 25.9 Å². The molecule has 0 amide bonds. The van der Waals surface area contributed by atoms with Gasteiger partial charge in [0.15, 0.2) is 5.03 Å². The van der Waals surface area contributed by atoms with E-state index < -0.39 is 10.0 Å². The van der Waals surface area contributed by atoms with Crippen LogP contribution in [0, 0.1) is 0 Å². The topological polar surface area (TPSA) is 67.2 Å². The van der Waals surface area contributed by atoms with Crippen LogP contribution in [0.5, 0.6) is 0 Å². The second-order valence-corrected chi connectivity index (χ2v) is 6.39. The van der Waals surface area contributed by atoms with Crippen molar-refractivity contribution < 1.29 is 8.42 Å². The summed E-state index contributed by atoms with van der Waals surface area (Å²) in [5.74, 6) is 0. The molecule has 0 atom stereocenters. The first-order valence-electron chi connectivity index (χ1n) is 6.28. The maximum Gasteiger partial charge on any atom is 0.259 e. The van der Waals surface area contributed by atoms with Crippen LogP contribution in [0.1, 0.15) is 19.3 Å². The van der Waals surface area contributed by atoms with Crippen molar-refractivity contribution in [1.82, 2.24) is 19.2 Å². The SMILES string of the molecule is Cn1cnc(S(=O)(=O)NCCN2CCCCC2)c1. The van der Waals surface area contributed by atoms with Gasteiger partial charge >= 0.3 is 0 Å². The molecule has 1 N–H and O–H groups in total. The van der Waals surface area contributed by atoms with Gasteiger partial charge in [0.2, 0.25) is 0 Å². The summed E-state index contributed by atoms with van der Waals surface area (Å²) in [6.45, 7) is 3.36. The molecule has 0 saturated carbocycles. The lowest BCUT2D eigenvalue weighted by atomic mass is 10.1. The normalized spacial score (nSPS) is 18.1. The van der Waals surface area contributed by atoms with E-state index in [0.29, 0.717) is 6.54 Å². The van der Waals surface area contributed by atoms with Crippen molar-refractivity contribution in [3.05, 3.63) is 12.5 Å². The van der Waals surface area contributed by atoms with Crippen LogP contribution in [0.3, 0.4) is 0 Å². The minimum Gasteiger partial charge on any atom is -0.339 e. The number of aryl methyl sites for hydroxylation is 1. The predicted molar refractivity (Wildman–Crippen MR) is 68.7 cm³/mol. The van der Waals surface area contributed by atoms with E-state index in [1.807, 2.05) is 0 Å². The first kappa shape index (κ1) is 13.5. The molecule has 2 heterocycles. The molecular weight excluding hydrogens is 252 g/mol. The summed E-state index contributed by atoms with van der Waals surface area (Å²) >= 11 is 0. The summed E-state index contributed by atoms with van der Waals surface area (Å²) in [6.07, 6.45) is 6.71. The summed E-state index contributed by atoms with van der Waals surface area (Å²) < 4.78 is 28.0. The zero-order valence-electron chi connectivity index (χ0n) is 10.7. The van der Waals surface area contributed by atoms with Gasteiger partial charge in [0.05, 0.1) is 6.33 Å². The summed E-state index contributed by atoms with van der Waals surface area (Å²) in [5, 5.41) is 0.0867. The van der Waals surface area contributed by atoms with Crippen LogP contribution in [0.25, 0.3) is 0 Å². The fourth-order valence-electron chi connectivity index (χ4n) is 2.12. The van der Waals surface area contributed by atoms with Gasteiger partial charge in [-0.25, -0.2) is 18.1 Å². The summed E-state index contributed by atoms with van der Waals surface area (Å²) in [5.41, 5.74) is 0. The number of nitrogens with zero attached hydrogens (tertiary/aromatic N) is 3. The van der Waals surface area contributed by atoms with Crippen LogP contribution in [0.4, 0.5) is 0 Å². The Morgan fingerprint density at radius 3 is 2.67 bits per heavy atom. The van der Waals surface area contributed by atoms with Crippen molar-refractivity contribution in [2.45, 2.75) is 24.3 Å². The number of rotatable bonds is 5. The Hall–Kier alpha value is -0.920. The summed E-state index contributed by atoms with van der Waals surface area (Å²) in [7, 11) is -1.70. The van der Waals surface area contributed by atoms with Crippen molar-refractivity contribution in [2.24, 2.45) is 7.05 Å². The minimum absolute atomic E-state index is 0.0867. The molecule has 0 spiro atoms. The highest BCUT2D eigenvalue weighted by atomic mass is 32.2. The average Bonchev–Trinajstić information content (AvgIpc) is 2.78. The highest BCUT2D eigenvalue weighted by Gasteiger charge is 2.17. The van der Waals surface area contributed by atoms with Crippen molar-refractivity contribution in [3.8, 4) is 0 Å². The zero-order chi connectivity index (χ0) is 13.0. The molecule has 1 aliphatic heterocycles. The number of sulfonamides is 1. The summed E-state index contributed by atoms with van der Waals surface area (Å²) in [6, 6.07) is 0. The van der Waals surface area contributed by atoms with Gasteiger partial charge < -0.3 is 9.47 Å². The van der Waals surface area contributed by atoms with Crippen molar-refractivity contribution >= 4 is 10.0 Å². The van der Waals surface area contributed by atoms with E-state index in [1.54, 1.807) is 11.6 Å². The molecule has 0 aliphatic carbocycles. The Bertz CT molecular complexity index is 477. The van der Waals surface area contributed by atoms with Gasteiger partial charge in [0.1, 0.15) is 0 Å². The number of hydrogen-bond donors (Lipinski definition) is 1. The van der Waals surface area contributed by atoms with Crippen molar-refractivity contribution in [2.75, 3.05) is 26.2 Å². The maximum absolute atomic E-state index is 11.9. The highest BCUT2D eigenvalue weighted by Crippen LogP contribution is 2.08. The molecule has 1 saturated heterocycles. The molecule has 0 radical (unpaired) electrons. The number of likely N-dealkylation sites (tertiary alicyclic amines) is 1. The molecule has 6 nitrogen and oxygen atoms in total. The lowest BCUT2D eigenvalue weighted by Gasteiger charge is -2.26. The van der Waals surface area contributed by atoms with E-state index in [4.69, 9.17) is 0 Å². The third kappa shape index (κ3) is 3.54. The first-order chi connectivity index (χ1) is 8.58. The van der Waals surface area contributed by atoms with E-state index in [2.05, 4.69) is 14.6 Å². The van der Waals surface area contributed by atoms with Crippen molar-refractivity contribution in [1.29, 1.82) is 0 Å². The van der Waals surface area contributed by atoms with E-state index in [9.17, 15) is 8.42 Å². The lowest BCUT2D eigenvalue weighted by molar-refractivity contribution is 0.232. The number of piperidine rings is 1. The monoisotopic (exact) mass is 272 g/mol. The molecule has 7 heteroatoms. The lowest BCUT2D eigenvalue weighted by Crippen LogP contribution is -2.37. The second kappa shape index (κ2) is 5.81.